The highest BCUT2D eigenvalue weighted by molar-refractivity contribution is 6.23. The predicted molar refractivity (Wildman–Crippen MR) is 114 cm³/mol. The molecule has 5 heterocycles. The van der Waals surface area contributed by atoms with E-state index >= 15 is 0 Å². The van der Waals surface area contributed by atoms with Gasteiger partial charge in [0.25, 0.3) is 0 Å². The van der Waals surface area contributed by atoms with Crippen LogP contribution in [0.5, 0.6) is 0 Å². The molecule has 0 aliphatic rings. The number of pyridine rings is 3. The molecule has 7 rings (SSSR count). The van der Waals surface area contributed by atoms with Gasteiger partial charge in [0.2, 0.25) is 5.52 Å². The Balaban J connectivity index is 1.78. The molecule has 130 valence electrons. The number of aryl methyl sites for hydroxylation is 1. The van der Waals surface area contributed by atoms with Crippen molar-refractivity contribution in [2.75, 3.05) is 0 Å². The van der Waals surface area contributed by atoms with E-state index in [9.17, 15) is 0 Å². The minimum absolute atomic E-state index is 1.03. The number of hydrogen-bond acceptors (Lipinski definition) is 1. The molecule has 0 unspecified atom stereocenters. The monoisotopic (exact) mass is 358 g/mol. The van der Waals surface area contributed by atoms with E-state index in [0.29, 0.717) is 0 Å². The molecule has 0 aliphatic heterocycles. The quantitative estimate of drug-likeness (QED) is 0.262. The van der Waals surface area contributed by atoms with Gasteiger partial charge in [-0.2, -0.15) is 4.40 Å². The van der Waals surface area contributed by atoms with Crippen LogP contribution in [-0.4, -0.2) is 9.38 Å². The zero-order valence-electron chi connectivity index (χ0n) is 15.3. The van der Waals surface area contributed by atoms with E-state index in [1.807, 2.05) is 0 Å². The van der Waals surface area contributed by atoms with Crippen LogP contribution in [0.15, 0.2) is 79.1 Å². The van der Waals surface area contributed by atoms with Gasteiger partial charge >= 0.3 is 0 Å². The average molecular weight is 358 g/mol. The molecule has 0 N–H and O–H groups in total. The Bertz CT molecular complexity index is 1720. The van der Waals surface area contributed by atoms with E-state index < -0.39 is 0 Å². The van der Waals surface area contributed by atoms with Gasteiger partial charge in [-0.15, -0.1) is 0 Å². The lowest BCUT2D eigenvalue weighted by Gasteiger charge is -2.01. The summed E-state index contributed by atoms with van der Waals surface area (Å²) in [6.45, 7) is 2.12. The normalized spacial score (nSPS) is 12.5. The minimum atomic E-state index is 1.03. The molecular weight excluding hydrogens is 342 g/mol. The molecule has 0 saturated heterocycles. The SMILES string of the molecule is Cc1ccc2c3cc4c5cccc6c7ccccc7n(c4nc3cc[n+]2c1)c65. The zero-order valence-corrected chi connectivity index (χ0v) is 15.3. The maximum Gasteiger partial charge on any atom is 0.220 e. The van der Waals surface area contributed by atoms with Crippen LogP contribution < -0.4 is 4.40 Å². The van der Waals surface area contributed by atoms with Crippen LogP contribution in [-0.2, 0) is 0 Å². The molecule has 0 atom stereocenters. The lowest BCUT2D eigenvalue weighted by atomic mass is 10.1. The van der Waals surface area contributed by atoms with Crippen LogP contribution in [0.25, 0.3) is 54.6 Å². The van der Waals surface area contributed by atoms with Gasteiger partial charge in [0.15, 0.2) is 12.4 Å². The Hall–Kier alpha value is -3.72. The third-order valence-electron chi connectivity index (χ3n) is 6.02. The lowest BCUT2D eigenvalue weighted by Crippen LogP contribution is -2.21. The van der Waals surface area contributed by atoms with E-state index in [1.165, 1.54) is 49.0 Å². The first-order valence-corrected chi connectivity index (χ1v) is 9.58. The Morgan fingerprint density at radius 1 is 0.786 bits per heavy atom. The minimum Gasteiger partial charge on any atom is -0.293 e. The van der Waals surface area contributed by atoms with Gasteiger partial charge < -0.3 is 0 Å². The van der Waals surface area contributed by atoms with Crippen molar-refractivity contribution in [2.24, 2.45) is 0 Å². The van der Waals surface area contributed by atoms with Gasteiger partial charge in [-0.3, -0.25) is 4.40 Å². The average Bonchev–Trinajstić information content (AvgIpc) is 3.23. The first kappa shape index (κ1) is 14.4. The molecular formula is C25H16N3+. The summed E-state index contributed by atoms with van der Waals surface area (Å²) in [5, 5.41) is 6.26. The summed E-state index contributed by atoms with van der Waals surface area (Å²) in [6.07, 6.45) is 4.27. The largest absolute Gasteiger partial charge is 0.293 e. The van der Waals surface area contributed by atoms with Crippen molar-refractivity contribution in [1.82, 2.24) is 9.38 Å². The van der Waals surface area contributed by atoms with Crippen molar-refractivity contribution in [2.45, 2.75) is 6.92 Å². The summed E-state index contributed by atoms with van der Waals surface area (Å²) < 4.78 is 4.53. The van der Waals surface area contributed by atoms with Crippen LogP contribution in [0.1, 0.15) is 5.56 Å². The summed E-state index contributed by atoms with van der Waals surface area (Å²) in [7, 11) is 0. The number of hydrogen-bond donors (Lipinski definition) is 0. The van der Waals surface area contributed by atoms with Crippen molar-refractivity contribution in [3.8, 4) is 0 Å². The van der Waals surface area contributed by atoms with Crippen LogP contribution in [0.2, 0.25) is 0 Å². The number of aromatic nitrogens is 3. The molecule has 5 aromatic heterocycles. The van der Waals surface area contributed by atoms with Gasteiger partial charge in [0.05, 0.1) is 21.9 Å². The number of rotatable bonds is 0. The Labute approximate surface area is 160 Å². The number of nitrogens with zero attached hydrogens (tertiary/aromatic N) is 3. The molecule has 3 nitrogen and oxygen atoms in total. The molecule has 28 heavy (non-hydrogen) atoms. The van der Waals surface area contributed by atoms with E-state index in [2.05, 4.69) is 94.8 Å². The molecule has 0 bridgehead atoms. The van der Waals surface area contributed by atoms with Crippen molar-refractivity contribution < 1.29 is 4.40 Å². The summed E-state index contributed by atoms with van der Waals surface area (Å²) in [5.41, 5.74) is 7.00. The van der Waals surface area contributed by atoms with Crippen molar-refractivity contribution in [1.29, 1.82) is 0 Å². The van der Waals surface area contributed by atoms with Crippen LogP contribution >= 0.6 is 0 Å². The fourth-order valence-corrected chi connectivity index (χ4v) is 4.81. The molecule has 7 aromatic rings. The van der Waals surface area contributed by atoms with E-state index in [-0.39, 0.29) is 0 Å². The highest BCUT2D eigenvalue weighted by atomic mass is 15.0. The van der Waals surface area contributed by atoms with E-state index in [1.54, 1.807) is 0 Å². The predicted octanol–water partition coefficient (Wildman–Crippen LogP) is 5.43. The Kier molecular flexibility index (Phi) is 2.44. The molecule has 2 aromatic carbocycles. The number of para-hydroxylation sites is 2. The zero-order chi connectivity index (χ0) is 18.4. The van der Waals surface area contributed by atoms with Gasteiger partial charge in [-0.25, -0.2) is 4.98 Å². The van der Waals surface area contributed by atoms with Crippen LogP contribution in [0, 0.1) is 6.92 Å². The lowest BCUT2D eigenvalue weighted by molar-refractivity contribution is -0.511. The summed E-state index contributed by atoms with van der Waals surface area (Å²) in [5.74, 6) is 0. The molecule has 0 spiro atoms. The Morgan fingerprint density at radius 3 is 2.54 bits per heavy atom. The highest BCUT2D eigenvalue weighted by Gasteiger charge is 2.19. The molecule has 0 saturated carbocycles. The molecule has 0 radical (unpaired) electrons. The second-order valence-electron chi connectivity index (χ2n) is 7.66. The topological polar surface area (TPSA) is 21.4 Å². The maximum atomic E-state index is 5.14. The van der Waals surface area contributed by atoms with Crippen molar-refractivity contribution in [3.05, 3.63) is 84.7 Å². The smallest absolute Gasteiger partial charge is 0.220 e. The van der Waals surface area contributed by atoms with Gasteiger partial charge in [0, 0.05) is 39.2 Å². The maximum absolute atomic E-state index is 5.14. The summed E-state index contributed by atoms with van der Waals surface area (Å²) in [4.78, 5) is 5.14. The second-order valence-corrected chi connectivity index (χ2v) is 7.66. The number of fused-ring (bicyclic) bond motifs is 9. The molecule has 0 fully saturated rings. The van der Waals surface area contributed by atoms with E-state index in [4.69, 9.17) is 4.98 Å². The summed E-state index contributed by atoms with van der Waals surface area (Å²) in [6, 6.07) is 24.0. The van der Waals surface area contributed by atoms with Gasteiger partial charge in [-0.05, 0) is 25.1 Å². The Morgan fingerprint density at radius 2 is 1.61 bits per heavy atom. The van der Waals surface area contributed by atoms with Gasteiger partial charge in [-0.1, -0.05) is 36.4 Å². The molecule has 3 heteroatoms. The van der Waals surface area contributed by atoms with E-state index in [0.717, 1.165) is 11.2 Å². The van der Waals surface area contributed by atoms with Crippen molar-refractivity contribution >= 4 is 54.6 Å². The second kappa shape index (κ2) is 4.76. The number of benzene rings is 2. The van der Waals surface area contributed by atoms with Crippen LogP contribution in [0.4, 0.5) is 0 Å². The fraction of sp³-hybridized carbons (Fsp3) is 0.0400. The van der Waals surface area contributed by atoms with Crippen molar-refractivity contribution in [3.63, 3.8) is 0 Å². The molecule has 0 aliphatic carbocycles. The molecule has 0 amide bonds. The summed E-state index contributed by atoms with van der Waals surface area (Å²) >= 11 is 0. The first-order chi connectivity index (χ1) is 13.8. The third kappa shape index (κ3) is 1.61. The highest BCUT2D eigenvalue weighted by Crippen LogP contribution is 2.39. The fourth-order valence-electron chi connectivity index (χ4n) is 4.81. The first-order valence-electron chi connectivity index (χ1n) is 9.58. The van der Waals surface area contributed by atoms with Crippen LogP contribution in [0.3, 0.4) is 0 Å². The standard InChI is InChI=1S/C25H16N3/c1-15-9-10-22-20-13-19-18-7-4-6-17-16-5-2-3-8-23(16)28(24(17)18)25(19)26-21(20)11-12-27(22)14-15/h2-14H,1H3/q+1. The third-order valence-corrected chi connectivity index (χ3v) is 6.02. The van der Waals surface area contributed by atoms with Gasteiger partial charge in [0.1, 0.15) is 5.65 Å².